The number of halogens is 1. The molecule has 0 saturated carbocycles. The maximum absolute atomic E-state index is 13.1. The second-order valence-electron chi connectivity index (χ2n) is 6.81. The summed E-state index contributed by atoms with van der Waals surface area (Å²) >= 11 is 7.88. The van der Waals surface area contributed by atoms with Gasteiger partial charge >= 0.3 is 0 Å². The molecule has 0 aliphatic heterocycles. The Labute approximate surface area is 183 Å². The number of amides is 2. The maximum atomic E-state index is 13.1. The number of hydrogen-bond acceptors (Lipinski definition) is 3. The Balaban J connectivity index is 2.12. The van der Waals surface area contributed by atoms with Crippen LogP contribution >= 0.6 is 23.4 Å². The van der Waals surface area contributed by atoms with E-state index in [2.05, 4.69) is 5.32 Å². The lowest BCUT2D eigenvalue weighted by Crippen LogP contribution is -2.49. The average Bonchev–Trinajstić information content (AvgIpc) is 2.74. The summed E-state index contributed by atoms with van der Waals surface area (Å²) in [5.74, 6) is 0.912. The molecule has 1 atom stereocenters. The second kappa shape index (κ2) is 12.6. The Bertz CT molecular complexity index is 785. The first-order chi connectivity index (χ1) is 14.1. The lowest BCUT2D eigenvalue weighted by molar-refractivity contribution is -0.139. The highest BCUT2D eigenvalue weighted by Crippen LogP contribution is 2.21. The van der Waals surface area contributed by atoms with Crippen LogP contribution in [0.1, 0.15) is 37.8 Å². The van der Waals surface area contributed by atoms with Crippen LogP contribution in [0.3, 0.4) is 0 Å². The Kier molecular flexibility index (Phi) is 10.1. The van der Waals surface area contributed by atoms with Crippen LogP contribution in [0.25, 0.3) is 0 Å². The van der Waals surface area contributed by atoms with Crippen molar-refractivity contribution in [3.8, 4) is 0 Å². The number of hydrogen-bond donors (Lipinski definition) is 1. The van der Waals surface area contributed by atoms with E-state index in [9.17, 15) is 9.59 Å². The largest absolute Gasteiger partial charge is 0.354 e. The summed E-state index contributed by atoms with van der Waals surface area (Å²) in [5, 5.41) is 3.53. The smallest absolute Gasteiger partial charge is 0.242 e. The monoisotopic (exact) mass is 432 g/mol. The first-order valence-corrected chi connectivity index (χ1v) is 11.5. The lowest BCUT2D eigenvalue weighted by Gasteiger charge is -2.31. The van der Waals surface area contributed by atoms with E-state index in [-0.39, 0.29) is 11.8 Å². The molecule has 0 radical (unpaired) electrons. The summed E-state index contributed by atoms with van der Waals surface area (Å²) in [4.78, 5) is 27.5. The first-order valence-electron chi connectivity index (χ1n) is 9.99. The molecule has 0 aliphatic rings. The van der Waals surface area contributed by atoms with Gasteiger partial charge in [-0.25, -0.2) is 0 Å². The standard InChI is InChI=1S/C23H29ClN2O2S/c1-3-14-25-23(28)21(4-2)26(15-19-12-8-9-13-20(19)24)22(27)17-29-16-18-10-6-5-7-11-18/h5-13,21H,3-4,14-17H2,1-2H3,(H,25,28)/t21-/m1/s1. The van der Waals surface area contributed by atoms with E-state index < -0.39 is 6.04 Å². The van der Waals surface area contributed by atoms with E-state index in [4.69, 9.17) is 11.6 Å². The normalized spacial score (nSPS) is 11.7. The SMILES string of the molecule is CCCNC(=O)[C@@H](CC)N(Cc1ccccc1Cl)C(=O)CSCc1ccccc1. The van der Waals surface area contributed by atoms with Gasteiger partial charge in [0.15, 0.2) is 0 Å². The minimum absolute atomic E-state index is 0.0515. The second-order valence-corrected chi connectivity index (χ2v) is 8.20. The lowest BCUT2D eigenvalue weighted by atomic mass is 10.1. The molecule has 0 fully saturated rings. The Morgan fingerprint density at radius 2 is 1.76 bits per heavy atom. The zero-order valence-electron chi connectivity index (χ0n) is 17.1. The molecule has 29 heavy (non-hydrogen) atoms. The predicted molar refractivity (Wildman–Crippen MR) is 122 cm³/mol. The molecule has 0 bridgehead atoms. The summed E-state index contributed by atoms with van der Waals surface area (Å²) in [6.45, 7) is 4.86. The molecule has 0 saturated heterocycles. The van der Waals surface area contributed by atoms with Crippen molar-refractivity contribution in [1.82, 2.24) is 10.2 Å². The number of carbonyl (C=O) groups excluding carboxylic acids is 2. The van der Waals surface area contributed by atoms with Crippen LogP contribution in [0.4, 0.5) is 0 Å². The molecule has 0 aliphatic carbocycles. The minimum Gasteiger partial charge on any atom is -0.354 e. The average molecular weight is 433 g/mol. The molecule has 6 heteroatoms. The molecule has 2 amide bonds. The number of benzene rings is 2. The number of nitrogens with one attached hydrogen (secondary N) is 1. The number of thioether (sulfide) groups is 1. The quantitative estimate of drug-likeness (QED) is 0.549. The Hall–Kier alpha value is -1.98. The number of rotatable bonds is 11. The van der Waals surface area contributed by atoms with Crippen molar-refractivity contribution in [1.29, 1.82) is 0 Å². The molecule has 4 nitrogen and oxygen atoms in total. The van der Waals surface area contributed by atoms with Gasteiger partial charge in [0.1, 0.15) is 6.04 Å². The summed E-state index contributed by atoms with van der Waals surface area (Å²) in [6.07, 6.45) is 1.41. The first kappa shape index (κ1) is 23.3. The molecule has 2 aromatic carbocycles. The van der Waals surface area contributed by atoms with Crippen LogP contribution < -0.4 is 5.32 Å². The van der Waals surface area contributed by atoms with Crippen LogP contribution in [-0.2, 0) is 21.9 Å². The fraction of sp³-hybridized carbons (Fsp3) is 0.391. The van der Waals surface area contributed by atoms with E-state index >= 15 is 0 Å². The van der Waals surface area contributed by atoms with Gasteiger partial charge in [-0.05, 0) is 30.0 Å². The molecular weight excluding hydrogens is 404 g/mol. The number of carbonyl (C=O) groups is 2. The summed E-state index contributed by atoms with van der Waals surface area (Å²) in [7, 11) is 0. The van der Waals surface area contributed by atoms with Gasteiger partial charge in [-0.15, -0.1) is 11.8 Å². The van der Waals surface area contributed by atoms with Gasteiger partial charge in [0, 0.05) is 23.9 Å². The maximum Gasteiger partial charge on any atom is 0.242 e. The molecule has 0 aromatic heterocycles. The van der Waals surface area contributed by atoms with Gasteiger partial charge in [-0.2, -0.15) is 0 Å². The Morgan fingerprint density at radius 3 is 2.41 bits per heavy atom. The van der Waals surface area contributed by atoms with Gasteiger partial charge in [0.25, 0.3) is 0 Å². The third-order valence-corrected chi connectivity index (χ3v) is 5.93. The van der Waals surface area contributed by atoms with Gasteiger partial charge in [0.2, 0.25) is 11.8 Å². The summed E-state index contributed by atoms with van der Waals surface area (Å²) < 4.78 is 0. The molecule has 2 aromatic rings. The van der Waals surface area contributed by atoms with E-state index in [1.165, 1.54) is 5.56 Å². The molecule has 0 unspecified atom stereocenters. The molecule has 0 spiro atoms. The van der Waals surface area contributed by atoms with Gasteiger partial charge in [0.05, 0.1) is 5.75 Å². The van der Waals surface area contributed by atoms with Crippen LogP contribution in [-0.4, -0.2) is 35.1 Å². The van der Waals surface area contributed by atoms with Crippen molar-refractivity contribution in [2.24, 2.45) is 0 Å². The minimum atomic E-state index is -0.511. The highest BCUT2D eigenvalue weighted by molar-refractivity contribution is 7.99. The highest BCUT2D eigenvalue weighted by atomic mass is 35.5. The van der Waals surface area contributed by atoms with E-state index in [0.717, 1.165) is 17.7 Å². The zero-order chi connectivity index (χ0) is 21.1. The van der Waals surface area contributed by atoms with Crippen molar-refractivity contribution >= 4 is 35.2 Å². The van der Waals surface area contributed by atoms with Crippen LogP contribution in [0.15, 0.2) is 54.6 Å². The van der Waals surface area contributed by atoms with Crippen LogP contribution in [0.2, 0.25) is 5.02 Å². The molecule has 2 rings (SSSR count). The van der Waals surface area contributed by atoms with Crippen LogP contribution in [0, 0.1) is 0 Å². The summed E-state index contributed by atoms with van der Waals surface area (Å²) in [5.41, 5.74) is 2.02. The third-order valence-electron chi connectivity index (χ3n) is 4.57. The van der Waals surface area contributed by atoms with E-state index in [1.54, 1.807) is 16.7 Å². The molecule has 156 valence electrons. The molecular formula is C23H29ClN2O2S. The fourth-order valence-electron chi connectivity index (χ4n) is 3.01. The zero-order valence-corrected chi connectivity index (χ0v) is 18.6. The van der Waals surface area contributed by atoms with Crippen molar-refractivity contribution in [3.05, 3.63) is 70.7 Å². The predicted octanol–water partition coefficient (Wildman–Crippen LogP) is 4.91. The summed E-state index contributed by atoms with van der Waals surface area (Å²) in [6, 6.07) is 17.0. The molecule has 1 N–H and O–H groups in total. The fourth-order valence-corrected chi connectivity index (χ4v) is 4.08. The van der Waals surface area contributed by atoms with Gasteiger partial charge in [-0.1, -0.05) is 74.0 Å². The topological polar surface area (TPSA) is 49.4 Å². The van der Waals surface area contributed by atoms with Crippen molar-refractivity contribution in [2.75, 3.05) is 12.3 Å². The van der Waals surface area contributed by atoms with Crippen molar-refractivity contribution in [3.63, 3.8) is 0 Å². The van der Waals surface area contributed by atoms with Crippen molar-refractivity contribution in [2.45, 2.75) is 45.0 Å². The van der Waals surface area contributed by atoms with Crippen LogP contribution in [0.5, 0.6) is 0 Å². The van der Waals surface area contributed by atoms with E-state index in [0.29, 0.717) is 30.3 Å². The van der Waals surface area contributed by atoms with Gasteiger partial charge in [-0.3, -0.25) is 9.59 Å². The highest BCUT2D eigenvalue weighted by Gasteiger charge is 2.28. The van der Waals surface area contributed by atoms with E-state index in [1.807, 2.05) is 68.4 Å². The van der Waals surface area contributed by atoms with Gasteiger partial charge < -0.3 is 10.2 Å². The number of nitrogens with zero attached hydrogens (tertiary/aromatic N) is 1. The third kappa shape index (κ3) is 7.41. The molecule has 0 heterocycles. The Morgan fingerprint density at radius 1 is 1.07 bits per heavy atom. The van der Waals surface area contributed by atoms with Crippen molar-refractivity contribution < 1.29 is 9.59 Å².